The number of hydrogen-bond acceptors (Lipinski definition) is 3. The lowest BCUT2D eigenvalue weighted by molar-refractivity contribution is -0.137. The third-order valence-electron chi connectivity index (χ3n) is 3.02. The van der Waals surface area contributed by atoms with E-state index in [1.165, 1.54) is 12.1 Å². The second kappa shape index (κ2) is 5.68. The highest BCUT2D eigenvalue weighted by Crippen LogP contribution is 2.34. The molecular formula is C12H13ClF3N3. The maximum atomic E-state index is 12.8. The van der Waals surface area contributed by atoms with Gasteiger partial charge in [-0.25, -0.2) is 0 Å². The monoisotopic (exact) mass is 291 g/mol. The van der Waals surface area contributed by atoms with Crippen molar-refractivity contribution < 1.29 is 13.2 Å². The van der Waals surface area contributed by atoms with E-state index in [1.54, 1.807) is 11.0 Å². The largest absolute Gasteiger partial charge is 0.417 e. The van der Waals surface area contributed by atoms with Gasteiger partial charge in [0.2, 0.25) is 0 Å². The molecule has 0 saturated carbocycles. The summed E-state index contributed by atoms with van der Waals surface area (Å²) < 4.78 is 38.4. The van der Waals surface area contributed by atoms with Crippen LogP contribution in [-0.4, -0.2) is 19.1 Å². The first-order valence-corrected chi connectivity index (χ1v) is 5.53. The molecule has 0 amide bonds. The molecule has 0 aliphatic carbocycles. The van der Waals surface area contributed by atoms with Gasteiger partial charge in [0, 0.05) is 24.8 Å². The van der Waals surface area contributed by atoms with Gasteiger partial charge in [0.25, 0.3) is 0 Å². The van der Waals surface area contributed by atoms with Crippen LogP contribution in [0.25, 0.3) is 0 Å². The zero-order valence-electron chi connectivity index (χ0n) is 9.94. The van der Waals surface area contributed by atoms with Gasteiger partial charge in [0.1, 0.15) is 0 Å². The van der Waals surface area contributed by atoms with E-state index in [-0.39, 0.29) is 24.0 Å². The van der Waals surface area contributed by atoms with Crippen molar-refractivity contribution in [1.29, 1.82) is 5.26 Å². The number of hydrogen-bond donors (Lipinski definition) is 1. The zero-order valence-corrected chi connectivity index (χ0v) is 10.8. The van der Waals surface area contributed by atoms with Crippen LogP contribution in [0.5, 0.6) is 0 Å². The molecule has 2 N–H and O–H groups in total. The molecule has 1 aromatic rings. The fraction of sp³-hybridized carbons (Fsp3) is 0.417. The molecule has 3 nitrogen and oxygen atoms in total. The summed E-state index contributed by atoms with van der Waals surface area (Å²) in [5.74, 6) is 0. The van der Waals surface area contributed by atoms with Crippen LogP contribution in [-0.2, 0) is 6.18 Å². The maximum absolute atomic E-state index is 12.8. The minimum absolute atomic E-state index is 0. The number of anilines is 1. The highest BCUT2D eigenvalue weighted by Gasteiger charge is 2.34. The summed E-state index contributed by atoms with van der Waals surface area (Å²) in [6.07, 6.45) is -3.75. The smallest absolute Gasteiger partial charge is 0.370 e. The Morgan fingerprint density at radius 1 is 1.37 bits per heavy atom. The molecule has 1 aromatic carbocycles. The molecule has 1 atom stereocenters. The van der Waals surface area contributed by atoms with Crippen molar-refractivity contribution in [2.75, 3.05) is 18.0 Å². The first kappa shape index (κ1) is 15.6. The van der Waals surface area contributed by atoms with Gasteiger partial charge in [-0.2, -0.15) is 18.4 Å². The van der Waals surface area contributed by atoms with Gasteiger partial charge in [0.05, 0.1) is 17.2 Å². The van der Waals surface area contributed by atoms with Gasteiger partial charge in [-0.05, 0) is 24.6 Å². The van der Waals surface area contributed by atoms with Crippen LogP contribution in [0.2, 0.25) is 0 Å². The number of alkyl halides is 3. The van der Waals surface area contributed by atoms with Gasteiger partial charge in [0.15, 0.2) is 0 Å². The number of nitrogens with two attached hydrogens (primary N) is 1. The number of halogens is 4. The Morgan fingerprint density at radius 3 is 2.53 bits per heavy atom. The summed E-state index contributed by atoms with van der Waals surface area (Å²) in [5.41, 5.74) is 4.95. The van der Waals surface area contributed by atoms with Crippen LogP contribution in [0.1, 0.15) is 17.5 Å². The number of benzene rings is 1. The quantitative estimate of drug-likeness (QED) is 0.865. The average Bonchev–Trinajstić information content (AvgIpc) is 2.74. The molecule has 0 spiro atoms. The third-order valence-corrected chi connectivity index (χ3v) is 3.02. The van der Waals surface area contributed by atoms with Crippen LogP contribution in [0.4, 0.5) is 18.9 Å². The minimum Gasteiger partial charge on any atom is -0.370 e. The van der Waals surface area contributed by atoms with Crippen molar-refractivity contribution in [3.05, 3.63) is 29.3 Å². The van der Waals surface area contributed by atoms with Crippen LogP contribution in [0.15, 0.2) is 18.2 Å². The molecule has 1 saturated heterocycles. The normalized spacial score (nSPS) is 18.9. The Balaban J connectivity index is 0.00000180. The number of nitrogens with zero attached hydrogens (tertiary/aromatic N) is 2. The molecule has 1 unspecified atom stereocenters. The predicted molar refractivity (Wildman–Crippen MR) is 68.2 cm³/mol. The molecular weight excluding hydrogens is 279 g/mol. The molecule has 2 rings (SSSR count). The summed E-state index contributed by atoms with van der Waals surface area (Å²) in [6.45, 7) is 1.19. The van der Waals surface area contributed by atoms with Crippen molar-refractivity contribution >= 4 is 18.1 Å². The van der Waals surface area contributed by atoms with E-state index in [9.17, 15) is 13.2 Å². The summed E-state index contributed by atoms with van der Waals surface area (Å²) in [4.78, 5) is 1.81. The summed E-state index contributed by atoms with van der Waals surface area (Å²) in [7, 11) is 0. The lowest BCUT2D eigenvalue weighted by Gasteiger charge is -2.20. The lowest BCUT2D eigenvalue weighted by Crippen LogP contribution is -2.26. The van der Waals surface area contributed by atoms with Crippen LogP contribution in [0, 0.1) is 11.3 Å². The average molecular weight is 292 g/mol. The van der Waals surface area contributed by atoms with E-state index >= 15 is 0 Å². The van der Waals surface area contributed by atoms with Crippen molar-refractivity contribution in [1.82, 2.24) is 0 Å². The Hall–Kier alpha value is -1.45. The van der Waals surface area contributed by atoms with Crippen LogP contribution < -0.4 is 10.6 Å². The fourth-order valence-corrected chi connectivity index (χ4v) is 2.08. The second-order valence-corrected chi connectivity index (χ2v) is 4.33. The van der Waals surface area contributed by atoms with Crippen molar-refractivity contribution in [2.45, 2.75) is 18.6 Å². The van der Waals surface area contributed by atoms with E-state index in [2.05, 4.69) is 0 Å². The molecule has 0 radical (unpaired) electrons. The minimum atomic E-state index is -4.51. The van der Waals surface area contributed by atoms with Gasteiger partial charge in [-0.15, -0.1) is 12.4 Å². The Kier molecular flexibility index (Phi) is 4.66. The summed E-state index contributed by atoms with van der Waals surface area (Å²) in [5, 5.41) is 8.70. The van der Waals surface area contributed by atoms with Crippen molar-refractivity contribution in [2.24, 2.45) is 5.73 Å². The summed E-state index contributed by atoms with van der Waals surface area (Å²) >= 11 is 0. The van der Waals surface area contributed by atoms with Crippen LogP contribution >= 0.6 is 12.4 Å². The van der Waals surface area contributed by atoms with Gasteiger partial charge in [-0.3, -0.25) is 0 Å². The van der Waals surface area contributed by atoms with Crippen LogP contribution in [0.3, 0.4) is 0 Å². The van der Waals surface area contributed by atoms with Gasteiger partial charge >= 0.3 is 6.18 Å². The highest BCUT2D eigenvalue weighted by atomic mass is 35.5. The zero-order chi connectivity index (χ0) is 13.3. The molecule has 0 aromatic heterocycles. The molecule has 19 heavy (non-hydrogen) atoms. The van der Waals surface area contributed by atoms with Crippen molar-refractivity contribution in [3.8, 4) is 6.07 Å². The highest BCUT2D eigenvalue weighted by molar-refractivity contribution is 5.85. The topological polar surface area (TPSA) is 53.0 Å². The summed E-state index contributed by atoms with van der Waals surface area (Å²) in [6, 6.07) is 5.33. The lowest BCUT2D eigenvalue weighted by atomic mass is 10.1. The third kappa shape index (κ3) is 3.31. The van der Waals surface area contributed by atoms with E-state index in [1.807, 2.05) is 0 Å². The van der Waals surface area contributed by atoms with E-state index in [0.717, 1.165) is 12.5 Å². The van der Waals surface area contributed by atoms with Gasteiger partial charge < -0.3 is 10.6 Å². The fourth-order valence-electron chi connectivity index (χ4n) is 2.08. The van der Waals surface area contributed by atoms with E-state index in [0.29, 0.717) is 18.8 Å². The van der Waals surface area contributed by atoms with E-state index < -0.39 is 11.7 Å². The molecule has 7 heteroatoms. The maximum Gasteiger partial charge on any atom is 0.417 e. The van der Waals surface area contributed by atoms with E-state index in [4.69, 9.17) is 11.0 Å². The molecule has 1 heterocycles. The molecule has 1 aliphatic heterocycles. The van der Waals surface area contributed by atoms with Gasteiger partial charge in [-0.1, -0.05) is 0 Å². The predicted octanol–water partition coefficient (Wildman–Crippen LogP) is 2.54. The first-order valence-electron chi connectivity index (χ1n) is 5.53. The molecule has 104 valence electrons. The molecule has 0 bridgehead atoms. The number of nitriles is 1. The van der Waals surface area contributed by atoms with Crippen molar-refractivity contribution in [3.63, 3.8) is 0 Å². The standard InChI is InChI=1S/C12H12F3N3.ClH/c13-12(14,15)11-5-10(2-1-8(11)6-16)18-4-3-9(17)7-18;/h1-2,5,9H,3-4,7,17H2;1H. The molecule has 1 aliphatic rings. The first-order chi connectivity index (χ1) is 8.41. The SMILES string of the molecule is Cl.N#Cc1ccc(N2CCC(N)C2)cc1C(F)(F)F. The molecule has 1 fully saturated rings. The Bertz CT molecular complexity index is 496. The Morgan fingerprint density at radius 2 is 2.05 bits per heavy atom. The second-order valence-electron chi connectivity index (χ2n) is 4.33. The Labute approximate surface area is 115 Å². The number of rotatable bonds is 1.